The number of thioether (sulfide) groups is 1. The minimum absolute atomic E-state index is 0.0882. The number of H-pyrrole nitrogens is 1. The summed E-state index contributed by atoms with van der Waals surface area (Å²) in [6.07, 6.45) is 1.44. The number of aromatic amines is 1. The fourth-order valence-electron chi connectivity index (χ4n) is 1.50. The Morgan fingerprint density at radius 3 is 3.33 bits per heavy atom. The first-order valence-electron chi connectivity index (χ1n) is 4.63. The third kappa shape index (κ3) is 2.26. The number of alkyl halides is 1. The topological polar surface area (TPSA) is 61.9 Å². The molecular formula is C8H11ClN4OS. The molecule has 1 aromatic heterocycles. The Kier molecular flexibility index (Phi) is 3.48. The maximum absolute atomic E-state index is 12.0. The van der Waals surface area contributed by atoms with Crippen molar-refractivity contribution in [1.82, 2.24) is 20.3 Å². The zero-order valence-electron chi connectivity index (χ0n) is 8.02. The monoisotopic (exact) mass is 246 g/mol. The Morgan fingerprint density at radius 2 is 2.67 bits per heavy atom. The second-order valence-corrected chi connectivity index (χ2v) is 4.70. The predicted molar refractivity (Wildman–Crippen MR) is 59.3 cm³/mol. The normalized spacial score (nSPS) is 21.7. The minimum atomic E-state index is -0.0882. The number of amides is 1. The molecule has 1 N–H and O–H groups in total. The third-order valence-corrected chi connectivity index (χ3v) is 3.75. The number of nitrogens with one attached hydrogen (secondary N) is 1. The van der Waals surface area contributed by atoms with Crippen LogP contribution in [-0.2, 0) is 0 Å². The molecule has 0 aromatic carbocycles. The van der Waals surface area contributed by atoms with Gasteiger partial charge in [-0.05, 0) is 0 Å². The van der Waals surface area contributed by atoms with Crippen LogP contribution in [0.15, 0.2) is 6.20 Å². The number of hydrogen-bond donors (Lipinski definition) is 1. The average Bonchev–Trinajstić information content (AvgIpc) is 2.81. The molecule has 2 heterocycles. The highest BCUT2D eigenvalue weighted by atomic mass is 35.5. The molecule has 5 nitrogen and oxygen atoms in total. The van der Waals surface area contributed by atoms with Gasteiger partial charge in [-0.2, -0.15) is 27.2 Å². The van der Waals surface area contributed by atoms with Crippen molar-refractivity contribution in [3.8, 4) is 0 Å². The van der Waals surface area contributed by atoms with Gasteiger partial charge >= 0.3 is 0 Å². The van der Waals surface area contributed by atoms with Crippen LogP contribution in [0.2, 0.25) is 0 Å². The molecule has 1 aliphatic heterocycles. The van der Waals surface area contributed by atoms with Gasteiger partial charge in [-0.3, -0.25) is 4.79 Å². The first kappa shape index (κ1) is 10.8. The number of carbonyl (C=O) groups is 1. The van der Waals surface area contributed by atoms with Gasteiger partial charge in [-0.1, -0.05) is 0 Å². The van der Waals surface area contributed by atoms with Gasteiger partial charge in [0, 0.05) is 23.9 Å². The molecule has 1 unspecified atom stereocenters. The zero-order valence-corrected chi connectivity index (χ0v) is 9.59. The number of halogens is 1. The van der Waals surface area contributed by atoms with E-state index in [9.17, 15) is 4.79 Å². The summed E-state index contributed by atoms with van der Waals surface area (Å²) in [4.78, 5) is 13.7. The van der Waals surface area contributed by atoms with E-state index in [0.717, 1.165) is 18.1 Å². The van der Waals surface area contributed by atoms with Crippen LogP contribution in [0.25, 0.3) is 0 Å². The molecule has 1 aliphatic rings. The predicted octanol–water partition coefficient (Wildman–Crippen LogP) is 0.601. The molecule has 1 aromatic rings. The summed E-state index contributed by atoms with van der Waals surface area (Å²) in [6.45, 7) is 0.730. The van der Waals surface area contributed by atoms with Crippen molar-refractivity contribution in [2.45, 2.75) is 6.04 Å². The molecule has 1 amide bonds. The summed E-state index contributed by atoms with van der Waals surface area (Å²) < 4.78 is 0. The van der Waals surface area contributed by atoms with Gasteiger partial charge in [0.1, 0.15) is 0 Å². The summed E-state index contributed by atoms with van der Waals surface area (Å²) in [6, 6.07) is 0.106. The molecule has 0 radical (unpaired) electrons. The average molecular weight is 247 g/mol. The number of carbonyl (C=O) groups excluding carboxylic acids is 1. The first-order chi connectivity index (χ1) is 7.33. The first-order valence-corrected chi connectivity index (χ1v) is 6.32. The lowest BCUT2D eigenvalue weighted by atomic mass is 10.2. The van der Waals surface area contributed by atoms with Crippen LogP contribution < -0.4 is 0 Å². The molecule has 0 spiro atoms. The zero-order chi connectivity index (χ0) is 10.7. The van der Waals surface area contributed by atoms with Crippen LogP contribution in [-0.4, -0.2) is 56.2 Å². The summed E-state index contributed by atoms with van der Waals surface area (Å²) >= 11 is 7.65. The number of aromatic nitrogens is 3. The van der Waals surface area contributed by atoms with Gasteiger partial charge in [0.15, 0.2) is 5.69 Å². The van der Waals surface area contributed by atoms with E-state index in [1.54, 1.807) is 4.90 Å². The highest BCUT2D eigenvalue weighted by Gasteiger charge is 2.28. The standard InChI is InChI=1S/C8H11ClN4OS/c9-3-6-5-15-2-1-13(6)8(14)7-4-10-12-11-7/h4,6H,1-3,5H2,(H,10,11,12). The van der Waals surface area contributed by atoms with Crippen molar-refractivity contribution in [1.29, 1.82) is 0 Å². The summed E-state index contributed by atoms with van der Waals surface area (Å²) in [7, 11) is 0. The Balaban J connectivity index is 2.11. The largest absolute Gasteiger partial charge is 0.331 e. The number of rotatable bonds is 2. The molecule has 1 fully saturated rings. The van der Waals surface area contributed by atoms with Crippen molar-refractivity contribution < 1.29 is 4.79 Å². The van der Waals surface area contributed by atoms with Gasteiger partial charge < -0.3 is 4.90 Å². The lowest BCUT2D eigenvalue weighted by Gasteiger charge is -2.33. The van der Waals surface area contributed by atoms with E-state index >= 15 is 0 Å². The Hall–Kier alpha value is -0.750. The van der Waals surface area contributed by atoms with E-state index in [0.29, 0.717) is 11.6 Å². The smallest absolute Gasteiger partial charge is 0.276 e. The van der Waals surface area contributed by atoms with Gasteiger partial charge in [0.05, 0.1) is 12.2 Å². The molecule has 15 heavy (non-hydrogen) atoms. The van der Waals surface area contributed by atoms with Crippen LogP contribution >= 0.6 is 23.4 Å². The van der Waals surface area contributed by atoms with E-state index in [4.69, 9.17) is 11.6 Å². The lowest BCUT2D eigenvalue weighted by molar-refractivity contribution is 0.0712. The van der Waals surface area contributed by atoms with E-state index in [-0.39, 0.29) is 11.9 Å². The van der Waals surface area contributed by atoms with Crippen LogP contribution in [0.5, 0.6) is 0 Å². The third-order valence-electron chi connectivity index (χ3n) is 2.30. The highest BCUT2D eigenvalue weighted by molar-refractivity contribution is 7.99. The molecule has 0 bridgehead atoms. The Labute approximate surface area is 96.5 Å². The number of nitrogens with zero attached hydrogens (tertiary/aromatic N) is 3. The SMILES string of the molecule is O=C(c1cn[nH]n1)N1CCSCC1CCl. The summed E-state index contributed by atoms with van der Waals surface area (Å²) in [5.41, 5.74) is 0.358. The second-order valence-electron chi connectivity index (χ2n) is 3.24. The minimum Gasteiger partial charge on any atom is -0.331 e. The van der Waals surface area contributed by atoms with Crippen LogP contribution in [0.3, 0.4) is 0 Å². The van der Waals surface area contributed by atoms with Crippen molar-refractivity contribution >= 4 is 29.3 Å². The van der Waals surface area contributed by atoms with Crippen LogP contribution in [0.1, 0.15) is 10.5 Å². The van der Waals surface area contributed by atoms with Gasteiger partial charge in [-0.15, -0.1) is 11.6 Å². The second kappa shape index (κ2) is 4.85. The number of hydrogen-bond acceptors (Lipinski definition) is 4. The maximum Gasteiger partial charge on any atom is 0.276 e. The van der Waals surface area contributed by atoms with E-state index in [2.05, 4.69) is 15.4 Å². The van der Waals surface area contributed by atoms with E-state index in [1.807, 2.05) is 11.8 Å². The quantitative estimate of drug-likeness (QED) is 0.777. The Bertz CT molecular complexity index is 331. The fourth-order valence-corrected chi connectivity index (χ4v) is 2.97. The van der Waals surface area contributed by atoms with Crippen molar-refractivity contribution in [3.63, 3.8) is 0 Å². The molecule has 82 valence electrons. The molecule has 0 saturated carbocycles. The summed E-state index contributed by atoms with van der Waals surface area (Å²) in [5.74, 6) is 2.23. The van der Waals surface area contributed by atoms with Crippen molar-refractivity contribution in [2.24, 2.45) is 0 Å². The van der Waals surface area contributed by atoms with Gasteiger partial charge in [-0.25, -0.2) is 0 Å². The maximum atomic E-state index is 12.0. The molecule has 0 aliphatic carbocycles. The Morgan fingerprint density at radius 1 is 1.80 bits per heavy atom. The van der Waals surface area contributed by atoms with Gasteiger partial charge in [0.2, 0.25) is 0 Å². The molecule has 1 saturated heterocycles. The van der Waals surface area contributed by atoms with Crippen molar-refractivity contribution in [3.05, 3.63) is 11.9 Å². The summed E-state index contributed by atoms with van der Waals surface area (Å²) in [5, 5.41) is 9.85. The van der Waals surface area contributed by atoms with Crippen molar-refractivity contribution in [2.75, 3.05) is 23.9 Å². The van der Waals surface area contributed by atoms with Crippen LogP contribution in [0.4, 0.5) is 0 Å². The molecular weight excluding hydrogens is 236 g/mol. The highest BCUT2D eigenvalue weighted by Crippen LogP contribution is 2.19. The molecule has 7 heteroatoms. The molecule has 2 rings (SSSR count). The van der Waals surface area contributed by atoms with E-state index < -0.39 is 0 Å². The fraction of sp³-hybridized carbons (Fsp3) is 0.625. The molecule has 1 atom stereocenters. The van der Waals surface area contributed by atoms with Crippen LogP contribution in [0, 0.1) is 0 Å². The van der Waals surface area contributed by atoms with Gasteiger partial charge in [0.25, 0.3) is 5.91 Å². The van der Waals surface area contributed by atoms with E-state index in [1.165, 1.54) is 6.20 Å². The lowest BCUT2D eigenvalue weighted by Crippen LogP contribution is -2.47.